The molecule has 0 aromatic heterocycles. The Bertz CT molecular complexity index is 348. The van der Waals surface area contributed by atoms with Gasteiger partial charge in [0.2, 0.25) is 0 Å². The summed E-state index contributed by atoms with van der Waals surface area (Å²) in [5.74, 6) is 0. The summed E-state index contributed by atoms with van der Waals surface area (Å²) in [7, 11) is 1.50. The van der Waals surface area contributed by atoms with Crippen LogP contribution in [0.5, 0.6) is 0 Å². The first-order valence-electron chi connectivity index (χ1n) is 5.72. The molecule has 0 saturated heterocycles. The molecule has 0 bridgehead atoms. The summed E-state index contributed by atoms with van der Waals surface area (Å²) in [6.45, 7) is 0.552. The highest BCUT2D eigenvalue weighted by atomic mass is 35.5. The van der Waals surface area contributed by atoms with Crippen LogP contribution in [0.25, 0.3) is 0 Å². The van der Waals surface area contributed by atoms with Crippen molar-refractivity contribution in [1.82, 2.24) is 0 Å². The van der Waals surface area contributed by atoms with Crippen molar-refractivity contribution < 1.29 is 9.13 Å². The molecule has 1 atom stereocenters. The first kappa shape index (κ1) is 14.4. The van der Waals surface area contributed by atoms with Crippen molar-refractivity contribution in [1.29, 1.82) is 0 Å². The van der Waals surface area contributed by atoms with Gasteiger partial charge in [-0.3, -0.25) is 0 Å². The van der Waals surface area contributed by atoms with Crippen molar-refractivity contribution in [2.24, 2.45) is 5.73 Å². The second-order valence-electron chi connectivity index (χ2n) is 4.24. The molecule has 1 aromatic rings. The zero-order valence-corrected chi connectivity index (χ0v) is 10.8. The normalized spacial score (nSPS) is 14.6. The first-order chi connectivity index (χ1) is 8.11. The highest BCUT2D eigenvalue weighted by Gasteiger charge is 2.30. The maximum atomic E-state index is 14.6. The standard InChI is InChI=1S/C13H19ClFNO/c1-17-10-13(15,7-4-8-16)9-11-5-2-3-6-12(11)14/h2-3,5-6H,4,7-10,16H2,1H3. The van der Waals surface area contributed by atoms with Gasteiger partial charge in [0.25, 0.3) is 0 Å². The molecule has 0 spiro atoms. The summed E-state index contributed by atoms with van der Waals surface area (Å²) < 4.78 is 19.6. The van der Waals surface area contributed by atoms with Crippen molar-refractivity contribution in [3.8, 4) is 0 Å². The monoisotopic (exact) mass is 259 g/mol. The zero-order chi connectivity index (χ0) is 12.7. The van der Waals surface area contributed by atoms with E-state index in [1.807, 2.05) is 18.2 Å². The van der Waals surface area contributed by atoms with Gasteiger partial charge in [-0.2, -0.15) is 0 Å². The minimum atomic E-state index is -1.39. The molecule has 96 valence electrons. The van der Waals surface area contributed by atoms with Crippen molar-refractivity contribution in [2.45, 2.75) is 24.9 Å². The van der Waals surface area contributed by atoms with Crippen molar-refractivity contribution in [3.05, 3.63) is 34.9 Å². The molecule has 2 N–H and O–H groups in total. The van der Waals surface area contributed by atoms with E-state index in [0.717, 1.165) is 5.56 Å². The van der Waals surface area contributed by atoms with E-state index in [2.05, 4.69) is 0 Å². The van der Waals surface area contributed by atoms with Gasteiger partial charge in [-0.15, -0.1) is 0 Å². The van der Waals surface area contributed by atoms with Crippen LogP contribution in [0.3, 0.4) is 0 Å². The maximum Gasteiger partial charge on any atom is 0.138 e. The molecular formula is C13H19ClFNO. The van der Waals surface area contributed by atoms with Crippen molar-refractivity contribution in [2.75, 3.05) is 20.3 Å². The molecular weight excluding hydrogens is 241 g/mol. The quantitative estimate of drug-likeness (QED) is 0.817. The van der Waals surface area contributed by atoms with Crippen molar-refractivity contribution >= 4 is 11.6 Å². The molecule has 0 saturated carbocycles. The Morgan fingerprint density at radius 3 is 2.71 bits per heavy atom. The second-order valence-corrected chi connectivity index (χ2v) is 4.65. The largest absolute Gasteiger partial charge is 0.381 e. The van der Waals surface area contributed by atoms with Gasteiger partial charge in [0.05, 0.1) is 6.61 Å². The highest BCUT2D eigenvalue weighted by molar-refractivity contribution is 6.31. The van der Waals surface area contributed by atoms with E-state index in [-0.39, 0.29) is 13.0 Å². The molecule has 1 unspecified atom stereocenters. The van der Waals surface area contributed by atoms with Gasteiger partial charge in [-0.1, -0.05) is 29.8 Å². The lowest BCUT2D eigenvalue weighted by molar-refractivity contribution is 0.0334. The van der Waals surface area contributed by atoms with Gasteiger partial charge in [-0.25, -0.2) is 4.39 Å². The molecule has 0 amide bonds. The molecule has 4 heteroatoms. The molecule has 1 aromatic carbocycles. The molecule has 0 radical (unpaired) electrons. The number of hydrogen-bond donors (Lipinski definition) is 1. The Morgan fingerprint density at radius 2 is 2.12 bits per heavy atom. The van der Waals surface area contributed by atoms with Crippen LogP contribution in [-0.4, -0.2) is 25.9 Å². The van der Waals surface area contributed by atoms with Gasteiger partial charge in [0.15, 0.2) is 0 Å². The maximum absolute atomic E-state index is 14.6. The average Bonchev–Trinajstić information content (AvgIpc) is 2.30. The minimum absolute atomic E-state index is 0.0677. The number of nitrogens with two attached hydrogens (primary N) is 1. The number of ether oxygens (including phenoxy) is 1. The Labute approximate surface area is 107 Å². The van der Waals surface area contributed by atoms with Gasteiger partial charge < -0.3 is 10.5 Å². The van der Waals surface area contributed by atoms with Gasteiger partial charge >= 0.3 is 0 Å². The molecule has 2 nitrogen and oxygen atoms in total. The third-order valence-electron chi connectivity index (χ3n) is 2.70. The third-order valence-corrected chi connectivity index (χ3v) is 3.07. The number of alkyl halides is 1. The molecule has 17 heavy (non-hydrogen) atoms. The Hall–Kier alpha value is -0.640. The smallest absolute Gasteiger partial charge is 0.138 e. The number of methoxy groups -OCH3 is 1. The lowest BCUT2D eigenvalue weighted by Crippen LogP contribution is -2.32. The number of rotatable bonds is 7. The fourth-order valence-corrected chi connectivity index (χ4v) is 2.07. The molecule has 0 fully saturated rings. The van der Waals surface area contributed by atoms with E-state index in [1.54, 1.807) is 6.07 Å². The van der Waals surface area contributed by atoms with Crippen LogP contribution in [0.15, 0.2) is 24.3 Å². The lowest BCUT2D eigenvalue weighted by Gasteiger charge is -2.25. The van der Waals surface area contributed by atoms with Crippen LogP contribution in [0, 0.1) is 0 Å². The summed E-state index contributed by atoms with van der Waals surface area (Å²) in [4.78, 5) is 0. The third kappa shape index (κ3) is 4.62. The van der Waals surface area contributed by atoms with E-state index in [4.69, 9.17) is 22.1 Å². The van der Waals surface area contributed by atoms with Crippen LogP contribution < -0.4 is 5.73 Å². The summed E-state index contributed by atoms with van der Waals surface area (Å²) >= 11 is 6.03. The second kappa shape index (κ2) is 6.94. The van der Waals surface area contributed by atoms with Gasteiger partial charge in [0.1, 0.15) is 5.67 Å². The van der Waals surface area contributed by atoms with Crippen LogP contribution >= 0.6 is 11.6 Å². The molecule has 0 aliphatic heterocycles. The number of hydrogen-bond acceptors (Lipinski definition) is 2. The summed E-state index contributed by atoms with van der Waals surface area (Å²) in [6, 6.07) is 7.31. The van der Waals surface area contributed by atoms with E-state index in [9.17, 15) is 4.39 Å². The van der Waals surface area contributed by atoms with E-state index < -0.39 is 5.67 Å². The molecule has 0 aliphatic carbocycles. The van der Waals surface area contributed by atoms with E-state index >= 15 is 0 Å². The van der Waals surface area contributed by atoms with Crippen LogP contribution in [0.1, 0.15) is 18.4 Å². The average molecular weight is 260 g/mol. The van der Waals surface area contributed by atoms with Crippen LogP contribution in [0.2, 0.25) is 5.02 Å². The van der Waals surface area contributed by atoms with Crippen molar-refractivity contribution in [3.63, 3.8) is 0 Å². The zero-order valence-electron chi connectivity index (χ0n) is 10.1. The fourth-order valence-electron chi connectivity index (χ4n) is 1.87. The Kier molecular flexibility index (Phi) is 5.89. The lowest BCUT2D eigenvalue weighted by atomic mass is 9.92. The first-order valence-corrected chi connectivity index (χ1v) is 6.10. The summed E-state index contributed by atoms with van der Waals surface area (Å²) in [6.07, 6.45) is 1.30. The van der Waals surface area contributed by atoms with Crippen LogP contribution in [0.4, 0.5) is 4.39 Å². The number of halogens is 2. The number of benzene rings is 1. The summed E-state index contributed by atoms with van der Waals surface area (Å²) in [5.41, 5.74) is 4.84. The van der Waals surface area contributed by atoms with Crippen LogP contribution in [-0.2, 0) is 11.2 Å². The SMILES string of the molecule is COCC(F)(CCCN)Cc1ccccc1Cl. The highest BCUT2D eigenvalue weighted by Crippen LogP contribution is 2.27. The predicted octanol–water partition coefficient (Wildman–Crippen LogP) is 2.98. The predicted molar refractivity (Wildman–Crippen MR) is 69.2 cm³/mol. The topological polar surface area (TPSA) is 35.2 Å². The minimum Gasteiger partial charge on any atom is -0.381 e. The molecule has 0 heterocycles. The summed E-state index contributed by atoms with van der Waals surface area (Å²) in [5, 5.41) is 0.596. The van der Waals surface area contributed by atoms with Gasteiger partial charge in [-0.05, 0) is 31.0 Å². The molecule has 1 rings (SSSR count). The molecule has 0 aliphatic rings. The van der Waals surface area contributed by atoms with Gasteiger partial charge in [0, 0.05) is 18.6 Å². The van der Waals surface area contributed by atoms with E-state index in [1.165, 1.54) is 7.11 Å². The fraction of sp³-hybridized carbons (Fsp3) is 0.538. The van der Waals surface area contributed by atoms with E-state index in [0.29, 0.717) is 24.4 Å². The Balaban J connectivity index is 2.75. The Morgan fingerprint density at radius 1 is 1.41 bits per heavy atom.